The van der Waals surface area contributed by atoms with Gasteiger partial charge in [-0.1, -0.05) is 0 Å². The van der Waals surface area contributed by atoms with Crippen LogP contribution < -0.4 is 4.31 Å². The molecule has 1 aliphatic heterocycles. The highest BCUT2D eigenvalue weighted by molar-refractivity contribution is 7.92. The van der Waals surface area contributed by atoms with Crippen molar-refractivity contribution < 1.29 is 22.7 Å². The van der Waals surface area contributed by atoms with E-state index in [0.29, 0.717) is 35.8 Å². The van der Waals surface area contributed by atoms with Crippen molar-refractivity contribution >= 4 is 27.5 Å². The zero-order chi connectivity index (χ0) is 20.9. The third kappa shape index (κ3) is 3.69. The van der Waals surface area contributed by atoms with Crippen molar-refractivity contribution in [2.75, 3.05) is 23.7 Å². The molecule has 0 bridgehead atoms. The molecular weight excluding hydrogens is 392 g/mol. The van der Waals surface area contributed by atoms with Crippen LogP contribution in [0.1, 0.15) is 56.6 Å². The Kier molecular flexibility index (Phi) is 4.77. The van der Waals surface area contributed by atoms with Crippen molar-refractivity contribution in [2.24, 2.45) is 0 Å². The molecular formula is C21H24N2O5S. The van der Waals surface area contributed by atoms with Gasteiger partial charge < -0.3 is 9.30 Å². The number of rotatable bonds is 6. The second-order valence-electron chi connectivity index (χ2n) is 7.81. The first-order valence-corrected chi connectivity index (χ1v) is 11.5. The largest absolute Gasteiger partial charge is 0.454 e. The number of hydrogen-bond acceptors (Lipinski definition) is 5. The zero-order valence-electron chi connectivity index (χ0n) is 16.8. The number of anilines is 1. The van der Waals surface area contributed by atoms with Gasteiger partial charge in [0.05, 0.1) is 17.5 Å². The SMILES string of the molecule is Cc1cc(C(=O)COC(=O)c2ccc3c(c2)CCN3S(C)(=O)=O)c(C)n1C1CC1. The van der Waals surface area contributed by atoms with E-state index < -0.39 is 16.0 Å². The van der Waals surface area contributed by atoms with Gasteiger partial charge in [-0.15, -0.1) is 0 Å². The number of Topliss-reactive ketones (excluding diaryl/α,β-unsaturated/α-hetero) is 1. The van der Waals surface area contributed by atoms with E-state index in [0.717, 1.165) is 36.0 Å². The normalized spacial score (nSPS) is 16.0. The highest BCUT2D eigenvalue weighted by Crippen LogP contribution is 2.38. The fraction of sp³-hybridized carbons (Fsp3) is 0.429. The van der Waals surface area contributed by atoms with E-state index in [-0.39, 0.29) is 12.4 Å². The van der Waals surface area contributed by atoms with Crippen LogP contribution >= 0.6 is 0 Å². The number of sulfonamides is 1. The molecule has 2 aromatic rings. The van der Waals surface area contributed by atoms with Crippen LogP contribution in [0.5, 0.6) is 0 Å². The van der Waals surface area contributed by atoms with Gasteiger partial charge in [0, 0.05) is 29.5 Å². The van der Waals surface area contributed by atoms with Crippen molar-refractivity contribution in [3.8, 4) is 0 Å². The zero-order valence-corrected chi connectivity index (χ0v) is 17.6. The van der Waals surface area contributed by atoms with E-state index in [9.17, 15) is 18.0 Å². The minimum absolute atomic E-state index is 0.220. The van der Waals surface area contributed by atoms with Gasteiger partial charge >= 0.3 is 5.97 Å². The summed E-state index contributed by atoms with van der Waals surface area (Å²) < 4.78 is 32.4. The summed E-state index contributed by atoms with van der Waals surface area (Å²) >= 11 is 0. The third-order valence-corrected chi connectivity index (χ3v) is 6.78. The summed E-state index contributed by atoms with van der Waals surface area (Å²) in [6.45, 7) is 3.95. The summed E-state index contributed by atoms with van der Waals surface area (Å²) in [5.74, 6) is -0.808. The van der Waals surface area contributed by atoms with Crippen LogP contribution in [0.4, 0.5) is 5.69 Å². The van der Waals surface area contributed by atoms with Crippen LogP contribution in [0, 0.1) is 13.8 Å². The maximum absolute atomic E-state index is 12.6. The van der Waals surface area contributed by atoms with E-state index >= 15 is 0 Å². The van der Waals surface area contributed by atoms with Gasteiger partial charge in [-0.25, -0.2) is 13.2 Å². The number of ether oxygens (including phenoxy) is 1. The van der Waals surface area contributed by atoms with E-state index in [1.165, 1.54) is 10.4 Å². The Balaban J connectivity index is 1.44. The lowest BCUT2D eigenvalue weighted by atomic mass is 10.1. The minimum atomic E-state index is -3.34. The predicted octanol–water partition coefficient (Wildman–Crippen LogP) is 2.80. The lowest BCUT2D eigenvalue weighted by Gasteiger charge is -2.16. The first kappa shape index (κ1) is 19.7. The number of nitrogens with zero attached hydrogens (tertiary/aromatic N) is 2. The van der Waals surface area contributed by atoms with Crippen molar-refractivity contribution in [3.05, 3.63) is 52.3 Å². The highest BCUT2D eigenvalue weighted by atomic mass is 32.2. The number of benzene rings is 1. The van der Waals surface area contributed by atoms with Crippen LogP contribution in [-0.2, 0) is 21.2 Å². The van der Waals surface area contributed by atoms with Crippen LogP contribution in [0.2, 0.25) is 0 Å². The molecule has 1 aliphatic carbocycles. The predicted molar refractivity (Wildman–Crippen MR) is 109 cm³/mol. The molecule has 4 rings (SSSR count). The quantitative estimate of drug-likeness (QED) is 0.534. The van der Waals surface area contributed by atoms with E-state index in [2.05, 4.69) is 4.57 Å². The minimum Gasteiger partial charge on any atom is -0.454 e. The molecule has 8 heteroatoms. The molecule has 7 nitrogen and oxygen atoms in total. The van der Waals surface area contributed by atoms with Crippen LogP contribution in [0.15, 0.2) is 24.3 Å². The summed E-state index contributed by atoms with van der Waals surface area (Å²) in [6, 6.07) is 7.14. The Morgan fingerprint density at radius 2 is 1.90 bits per heavy atom. The Bertz CT molecular complexity index is 1110. The molecule has 1 aromatic heterocycles. The molecule has 0 spiro atoms. The molecule has 0 atom stereocenters. The molecule has 154 valence electrons. The fourth-order valence-electron chi connectivity index (χ4n) is 4.09. The van der Waals surface area contributed by atoms with Gasteiger partial charge in [0.2, 0.25) is 15.8 Å². The lowest BCUT2D eigenvalue weighted by molar-refractivity contribution is 0.0474. The molecule has 1 saturated carbocycles. The molecule has 0 amide bonds. The van der Waals surface area contributed by atoms with Gasteiger partial charge in [0.25, 0.3) is 0 Å². The summed E-state index contributed by atoms with van der Waals surface area (Å²) in [7, 11) is -3.34. The molecule has 2 heterocycles. The number of fused-ring (bicyclic) bond motifs is 1. The Morgan fingerprint density at radius 3 is 2.55 bits per heavy atom. The van der Waals surface area contributed by atoms with Gasteiger partial charge in [-0.3, -0.25) is 9.10 Å². The standard InChI is InChI=1S/C21H24N2O5S/c1-13-10-18(14(2)23(13)17-5-6-17)20(24)12-28-21(25)16-4-7-19-15(11-16)8-9-22(19)29(3,26)27/h4,7,10-11,17H,5-6,8-9,12H2,1-3H3. The molecule has 0 unspecified atom stereocenters. The Morgan fingerprint density at radius 1 is 1.17 bits per heavy atom. The molecule has 0 radical (unpaired) electrons. The number of aryl methyl sites for hydroxylation is 1. The van der Waals surface area contributed by atoms with Crippen molar-refractivity contribution in [1.82, 2.24) is 4.57 Å². The fourth-order valence-corrected chi connectivity index (χ4v) is 5.05. The van der Waals surface area contributed by atoms with Gasteiger partial charge in [0.15, 0.2) is 6.61 Å². The number of carbonyl (C=O) groups excluding carboxylic acids is 2. The van der Waals surface area contributed by atoms with E-state index in [1.54, 1.807) is 12.1 Å². The summed E-state index contributed by atoms with van der Waals surface area (Å²) in [4.78, 5) is 25.0. The van der Waals surface area contributed by atoms with Gasteiger partial charge in [-0.2, -0.15) is 0 Å². The average Bonchev–Trinajstić information content (AvgIpc) is 3.31. The smallest absolute Gasteiger partial charge is 0.338 e. The highest BCUT2D eigenvalue weighted by Gasteiger charge is 2.29. The second-order valence-corrected chi connectivity index (χ2v) is 9.72. The maximum Gasteiger partial charge on any atom is 0.338 e. The van der Waals surface area contributed by atoms with Crippen LogP contribution in [-0.4, -0.2) is 44.1 Å². The Hall–Kier alpha value is -2.61. The maximum atomic E-state index is 12.6. The van der Waals surface area contributed by atoms with Crippen molar-refractivity contribution in [3.63, 3.8) is 0 Å². The van der Waals surface area contributed by atoms with Crippen molar-refractivity contribution in [2.45, 2.75) is 39.2 Å². The monoisotopic (exact) mass is 416 g/mol. The number of esters is 1. The molecule has 0 N–H and O–H groups in total. The van der Waals surface area contributed by atoms with Gasteiger partial charge in [-0.05, 0) is 62.9 Å². The first-order valence-electron chi connectivity index (χ1n) is 9.66. The molecule has 0 saturated heterocycles. The van der Waals surface area contributed by atoms with Gasteiger partial charge in [0.1, 0.15) is 0 Å². The summed E-state index contributed by atoms with van der Waals surface area (Å²) in [6.07, 6.45) is 3.97. The van der Waals surface area contributed by atoms with Crippen LogP contribution in [0.25, 0.3) is 0 Å². The first-order chi connectivity index (χ1) is 13.7. The molecule has 1 fully saturated rings. The summed E-state index contributed by atoms with van der Waals surface area (Å²) in [5.41, 5.74) is 4.25. The number of hydrogen-bond donors (Lipinski definition) is 0. The number of carbonyl (C=O) groups is 2. The van der Waals surface area contributed by atoms with E-state index in [1.807, 2.05) is 19.9 Å². The van der Waals surface area contributed by atoms with Crippen molar-refractivity contribution in [1.29, 1.82) is 0 Å². The lowest BCUT2D eigenvalue weighted by Crippen LogP contribution is -2.27. The molecule has 1 aromatic carbocycles. The number of ketones is 1. The molecule has 2 aliphatic rings. The van der Waals surface area contributed by atoms with Crippen LogP contribution in [0.3, 0.4) is 0 Å². The number of aromatic nitrogens is 1. The average molecular weight is 416 g/mol. The van der Waals surface area contributed by atoms with E-state index in [4.69, 9.17) is 4.74 Å². The second kappa shape index (κ2) is 7.02. The Labute approximate surface area is 170 Å². The topological polar surface area (TPSA) is 85.7 Å². The third-order valence-electron chi connectivity index (χ3n) is 5.60. The summed E-state index contributed by atoms with van der Waals surface area (Å²) in [5, 5.41) is 0. The molecule has 29 heavy (non-hydrogen) atoms.